The molecule has 1 saturated carbocycles. The number of amides is 1. The Hall–Kier alpha value is -1.14. The summed E-state index contributed by atoms with van der Waals surface area (Å²) in [7, 11) is 2.96. The van der Waals surface area contributed by atoms with Gasteiger partial charge in [0.05, 0.1) is 17.9 Å². The zero-order valence-electron chi connectivity index (χ0n) is 9.60. The van der Waals surface area contributed by atoms with Crippen LogP contribution in [-0.4, -0.2) is 43.5 Å². The van der Waals surface area contributed by atoms with Crippen molar-refractivity contribution in [2.24, 2.45) is 11.8 Å². The first-order chi connectivity index (χ1) is 7.51. The van der Waals surface area contributed by atoms with Crippen LogP contribution in [0, 0.1) is 11.8 Å². The van der Waals surface area contributed by atoms with Crippen molar-refractivity contribution in [2.75, 3.05) is 14.2 Å². The lowest BCUT2D eigenvalue weighted by Gasteiger charge is -2.22. The molecule has 6 heteroatoms. The Kier molecular flexibility index (Phi) is 4.26. The summed E-state index contributed by atoms with van der Waals surface area (Å²) in [6, 6.07) is -0.308. The molecule has 0 saturated heterocycles. The topological polar surface area (TPSA) is 84.9 Å². The Morgan fingerprint density at radius 2 is 1.88 bits per heavy atom. The molecule has 0 radical (unpaired) electrons. The summed E-state index contributed by atoms with van der Waals surface area (Å²) in [6.07, 6.45) is -0.107. The van der Waals surface area contributed by atoms with Gasteiger partial charge in [-0.05, 0) is 13.3 Å². The predicted molar refractivity (Wildman–Crippen MR) is 54.6 cm³/mol. The van der Waals surface area contributed by atoms with Gasteiger partial charge in [0.2, 0.25) is 5.91 Å². The number of methoxy groups -OCH3 is 2. The minimum absolute atomic E-state index is 0.251. The zero-order chi connectivity index (χ0) is 12.3. The van der Waals surface area contributed by atoms with Gasteiger partial charge >= 0.3 is 5.97 Å². The molecule has 1 fully saturated rings. The van der Waals surface area contributed by atoms with E-state index in [-0.39, 0.29) is 11.9 Å². The van der Waals surface area contributed by atoms with E-state index in [1.165, 1.54) is 14.2 Å². The van der Waals surface area contributed by atoms with Crippen molar-refractivity contribution in [3.05, 3.63) is 0 Å². The van der Waals surface area contributed by atoms with E-state index >= 15 is 0 Å². The fourth-order valence-electron chi connectivity index (χ4n) is 1.66. The number of hydrogen-bond acceptors (Lipinski definition) is 4. The van der Waals surface area contributed by atoms with E-state index in [0.29, 0.717) is 6.42 Å². The molecule has 3 unspecified atom stereocenters. The number of aliphatic carboxylic acids is 1. The van der Waals surface area contributed by atoms with Crippen LogP contribution >= 0.6 is 0 Å². The lowest BCUT2D eigenvalue weighted by atomic mass is 10.2. The molecule has 1 amide bonds. The second kappa shape index (κ2) is 5.27. The monoisotopic (exact) mass is 231 g/mol. The summed E-state index contributed by atoms with van der Waals surface area (Å²) < 4.78 is 9.97. The molecule has 0 aromatic rings. The molecule has 1 aliphatic carbocycles. The van der Waals surface area contributed by atoms with Gasteiger partial charge < -0.3 is 19.9 Å². The molecular formula is C10H17NO5. The summed E-state index contributed by atoms with van der Waals surface area (Å²) in [5, 5.41) is 11.4. The molecule has 3 atom stereocenters. The first kappa shape index (κ1) is 12.9. The maximum atomic E-state index is 11.6. The number of ether oxygens (including phenoxy) is 2. The molecule has 0 heterocycles. The van der Waals surface area contributed by atoms with E-state index in [0.717, 1.165) is 0 Å². The smallest absolute Gasteiger partial charge is 0.307 e. The highest BCUT2D eigenvalue weighted by Gasteiger charge is 2.48. The lowest BCUT2D eigenvalue weighted by molar-refractivity contribution is -0.142. The first-order valence-corrected chi connectivity index (χ1v) is 5.10. The van der Waals surface area contributed by atoms with Gasteiger partial charge in [0, 0.05) is 14.2 Å². The Balaban J connectivity index is 2.38. The molecule has 16 heavy (non-hydrogen) atoms. The van der Waals surface area contributed by atoms with Crippen LogP contribution in [0.5, 0.6) is 0 Å². The molecule has 6 nitrogen and oxygen atoms in total. The number of carbonyl (C=O) groups excluding carboxylic acids is 1. The van der Waals surface area contributed by atoms with E-state index in [2.05, 4.69) is 5.32 Å². The van der Waals surface area contributed by atoms with Crippen molar-refractivity contribution in [2.45, 2.75) is 25.7 Å². The largest absolute Gasteiger partial charge is 0.481 e. The van der Waals surface area contributed by atoms with E-state index in [9.17, 15) is 9.59 Å². The highest BCUT2D eigenvalue weighted by atomic mass is 16.7. The summed E-state index contributed by atoms with van der Waals surface area (Å²) in [4.78, 5) is 22.2. The van der Waals surface area contributed by atoms with Crippen molar-refractivity contribution >= 4 is 11.9 Å². The maximum Gasteiger partial charge on any atom is 0.307 e. The molecule has 0 spiro atoms. The van der Waals surface area contributed by atoms with Crippen molar-refractivity contribution in [3.63, 3.8) is 0 Å². The highest BCUT2D eigenvalue weighted by molar-refractivity contribution is 5.89. The van der Waals surface area contributed by atoms with Gasteiger partial charge in [-0.15, -0.1) is 0 Å². The molecule has 1 rings (SSSR count). The van der Waals surface area contributed by atoms with Crippen LogP contribution in [0.1, 0.15) is 13.3 Å². The standard InChI is InChI=1S/C10H17NO5/c1-5(10(15-2)16-3)11-8(12)6-4-7(6)9(13)14/h5-7,10H,4H2,1-3H3,(H,11,12)(H,13,14). The third-order valence-corrected chi connectivity index (χ3v) is 2.69. The van der Waals surface area contributed by atoms with E-state index in [1.54, 1.807) is 6.92 Å². The van der Waals surface area contributed by atoms with Crippen molar-refractivity contribution < 1.29 is 24.2 Å². The number of carboxylic acid groups (broad SMARTS) is 1. The van der Waals surface area contributed by atoms with Gasteiger partial charge in [0.15, 0.2) is 6.29 Å². The molecule has 0 aliphatic heterocycles. The van der Waals surface area contributed by atoms with E-state index < -0.39 is 24.1 Å². The van der Waals surface area contributed by atoms with Crippen molar-refractivity contribution in [1.82, 2.24) is 5.32 Å². The van der Waals surface area contributed by atoms with E-state index in [1.807, 2.05) is 0 Å². The van der Waals surface area contributed by atoms with Gasteiger partial charge in [0.25, 0.3) is 0 Å². The van der Waals surface area contributed by atoms with Crippen LogP contribution in [0.2, 0.25) is 0 Å². The highest BCUT2D eigenvalue weighted by Crippen LogP contribution is 2.38. The van der Waals surface area contributed by atoms with Crippen LogP contribution in [0.15, 0.2) is 0 Å². The maximum absolute atomic E-state index is 11.6. The number of carboxylic acids is 1. The van der Waals surface area contributed by atoms with Crippen LogP contribution < -0.4 is 5.32 Å². The summed E-state index contributed by atoms with van der Waals surface area (Å²) in [6.45, 7) is 1.74. The number of rotatable bonds is 6. The second-order valence-electron chi connectivity index (χ2n) is 3.92. The Bertz CT molecular complexity index is 276. The average Bonchev–Trinajstić information content (AvgIpc) is 2.98. The summed E-state index contributed by atoms with van der Waals surface area (Å²) in [5.74, 6) is -2.10. The molecule has 92 valence electrons. The van der Waals surface area contributed by atoms with Gasteiger partial charge in [0.1, 0.15) is 0 Å². The number of carbonyl (C=O) groups is 2. The summed E-state index contributed by atoms with van der Waals surface area (Å²) in [5.41, 5.74) is 0. The Labute approximate surface area is 93.9 Å². The predicted octanol–water partition coefficient (Wildman–Crippen LogP) is -0.169. The second-order valence-corrected chi connectivity index (χ2v) is 3.92. The lowest BCUT2D eigenvalue weighted by Crippen LogP contribution is -2.43. The Morgan fingerprint density at radius 3 is 2.25 bits per heavy atom. The third kappa shape index (κ3) is 2.93. The fourth-order valence-corrected chi connectivity index (χ4v) is 1.66. The van der Waals surface area contributed by atoms with Crippen LogP contribution in [0.25, 0.3) is 0 Å². The normalized spacial score (nSPS) is 25.2. The minimum Gasteiger partial charge on any atom is -0.481 e. The number of hydrogen-bond donors (Lipinski definition) is 2. The fraction of sp³-hybridized carbons (Fsp3) is 0.800. The van der Waals surface area contributed by atoms with Crippen molar-refractivity contribution in [1.29, 1.82) is 0 Å². The van der Waals surface area contributed by atoms with Gasteiger partial charge in [-0.1, -0.05) is 0 Å². The SMILES string of the molecule is COC(OC)C(C)NC(=O)C1CC1C(=O)O. The molecule has 0 aromatic carbocycles. The van der Waals surface area contributed by atoms with E-state index in [4.69, 9.17) is 14.6 Å². The molecule has 0 bridgehead atoms. The first-order valence-electron chi connectivity index (χ1n) is 5.10. The van der Waals surface area contributed by atoms with Crippen LogP contribution in [0.3, 0.4) is 0 Å². The van der Waals surface area contributed by atoms with Gasteiger partial charge in [-0.3, -0.25) is 9.59 Å². The number of nitrogens with one attached hydrogen (secondary N) is 1. The van der Waals surface area contributed by atoms with Gasteiger partial charge in [-0.2, -0.15) is 0 Å². The molecule has 0 aromatic heterocycles. The quantitative estimate of drug-likeness (QED) is 0.620. The average molecular weight is 231 g/mol. The summed E-state index contributed by atoms with van der Waals surface area (Å²) >= 11 is 0. The molecular weight excluding hydrogens is 214 g/mol. The van der Waals surface area contributed by atoms with Crippen molar-refractivity contribution in [3.8, 4) is 0 Å². The van der Waals surface area contributed by atoms with Crippen LogP contribution in [0.4, 0.5) is 0 Å². The van der Waals surface area contributed by atoms with Gasteiger partial charge in [-0.25, -0.2) is 0 Å². The minimum atomic E-state index is -0.914. The zero-order valence-corrected chi connectivity index (χ0v) is 9.60. The van der Waals surface area contributed by atoms with Crippen LogP contribution in [-0.2, 0) is 19.1 Å². The molecule has 1 aliphatic rings. The molecule has 2 N–H and O–H groups in total. The third-order valence-electron chi connectivity index (χ3n) is 2.69. The Morgan fingerprint density at radius 1 is 1.31 bits per heavy atom.